The Morgan fingerprint density at radius 3 is 2.48 bits per heavy atom. The minimum Gasteiger partial charge on any atom is -0.491 e. The van der Waals surface area contributed by atoms with E-state index in [1.807, 2.05) is 12.1 Å². The lowest BCUT2D eigenvalue weighted by atomic mass is 10.0. The molecule has 0 amide bonds. The van der Waals surface area contributed by atoms with E-state index >= 15 is 0 Å². The summed E-state index contributed by atoms with van der Waals surface area (Å²) in [6, 6.07) is 4.64. The van der Waals surface area contributed by atoms with Gasteiger partial charge >= 0.3 is 0 Å². The summed E-state index contributed by atoms with van der Waals surface area (Å²) in [5, 5.41) is 0. The monoisotopic (exact) mass is 379 g/mol. The number of hydrogen-bond acceptors (Lipinski definition) is 6. The molecule has 146 valence electrons. The van der Waals surface area contributed by atoms with Gasteiger partial charge in [-0.15, -0.1) is 0 Å². The van der Waals surface area contributed by atoms with Gasteiger partial charge in [-0.1, -0.05) is 0 Å². The molecule has 2 aromatic heterocycles. The molecule has 1 fully saturated rings. The van der Waals surface area contributed by atoms with E-state index in [1.165, 1.54) is 0 Å². The number of likely N-dealkylation sites (tertiary alicyclic amines) is 1. The Morgan fingerprint density at radius 1 is 1.11 bits per heavy atom. The maximum atomic E-state index is 13.7. The van der Waals surface area contributed by atoms with Crippen molar-refractivity contribution in [2.45, 2.75) is 31.9 Å². The Kier molecular flexibility index (Phi) is 6.05. The minimum atomic E-state index is -0.777. The fourth-order valence-electron chi connectivity index (χ4n) is 3.19. The van der Waals surface area contributed by atoms with Crippen molar-refractivity contribution in [2.75, 3.05) is 27.3 Å². The van der Waals surface area contributed by atoms with Gasteiger partial charge in [-0.05, 0) is 31.9 Å². The summed E-state index contributed by atoms with van der Waals surface area (Å²) in [6.45, 7) is 3.62. The van der Waals surface area contributed by atoms with Gasteiger partial charge in [0.1, 0.15) is 11.9 Å². The summed E-state index contributed by atoms with van der Waals surface area (Å²) >= 11 is 0. The second-order valence-corrected chi connectivity index (χ2v) is 6.42. The third kappa shape index (κ3) is 4.44. The molecule has 0 N–H and O–H groups in total. The first kappa shape index (κ1) is 19.3. The summed E-state index contributed by atoms with van der Waals surface area (Å²) < 4.78 is 42.7. The number of ether oxygens (including phenoxy) is 3. The standard InChI is InChI=1S/C19H23F2N3O3/c1-12(16-4-5-17(25-2)19(23-16)26-3)24-8-6-14(7-9-24)27-18-15(21)10-13(20)11-22-18/h4-5,10-12,14H,6-9H2,1-3H3. The number of rotatable bonds is 6. The molecule has 0 radical (unpaired) electrons. The molecule has 1 saturated heterocycles. The van der Waals surface area contributed by atoms with Crippen molar-refractivity contribution in [2.24, 2.45) is 0 Å². The maximum Gasteiger partial charge on any atom is 0.257 e. The quantitative estimate of drug-likeness (QED) is 0.767. The zero-order valence-electron chi connectivity index (χ0n) is 15.6. The van der Waals surface area contributed by atoms with Crippen LogP contribution in [0.15, 0.2) is 24.4 Å². The van der Waals surface area contributed by atoms with Crippen LogP contribution < -0.4 is 14.2 Å². The van der Waals surface area contributed by atoms with Crippen molar-refractivity contribution in [3.8, 4) is 17.5 Å². The first-order valence-electron chi connectivity index (χ1n) is 8.82. The Balaban J connectivity index is 1.60. The largest absolute Gasteiger partial charge is 0.491 e. The van der Waals surface area contributed by atoms with Crippen molar-refractivity contribution in [3.63, 3.8) is 0 Å². The Labute approximate surface area is 157 Å². The van der Waals surface area contributed by atoms with Crippen molar-refractivity contribution in [1.82, 2.24) is 14.9 Å². The molecule has 0 saturated carbocycles. The van der Waals surface area contributed by atoms with Gasteiger partial charge in [0.25, 0.3) is 11.8 Å². The molecule has 8 heteroatoms. The summed E-state index contributed by atoms with van der Waals surface area (Å²) in [5.74, 6) is -0.594. The topological polar surface area (TPSA) is 56.7 Å². The molecule has 3 heterocycles. The van der Waals surface area contributed by atoms with Gasteiger partial charge in [-0.25, -0.2) is 18.7 Å². The van der Waals surface area contributed by atoms with E-state index in [0.29, 0.717) is 11.6 Å². The van der Waals surface area contributed by atoms with E-state index in [2.05, 4.69) is 21.8 Å². The second-order valence-electron chi connectivity index (χ2n) is 6.42. The molecular weight excluding hydrogens is 356 g/mol. The van der Waals surface area contributed by atoms with Crippen LogP contribution in [-0.4, -0.2) is 48.3 Å². The third-order valence-electron chi connectivity index (χ3n) is 4.76. The lowest BCUT2D eigenvalue weighted by Crippen LogP contribution is -2.40. The van der Waals surface area contributed by atoms with Gasteiger partial charge in [0, 0.05) is 25.2 Å². The predicted octanol–water partition coefficient (Wildman–Crippen LogP) is 3.38. The highest BCUT2D eigenvalue weighted by Gasteiger charge is 2.26. The number of pyridine rings is 2. The van der Waals surface area contributed by atoms with E-state index in [4.69, 9.17) is 14.2 Å². The van der Waals surface area contributed by atoms with Crippen LogP contribution in [0.4, 0.5) is 8.78 Å². The van der Waals surface area contributed by atoms with Crippen molar-refractivity contribution < 1.29 is 23.0 Å². The van der Waals surface area contributed by atoms with Crippen LogP contribution in [0.2, 0.25) is 0 Å². The molecule has 2 aromatic rings. The molecule has 27 heavy (non-hydrogen) atoms. The van der Waals surface area contributed by atoms with Crippen molar-refractivity contribution in [1.29, 1.82) is 0 Å². The first-order chi connectivity index (χ1) is 13.0. The van der Waals surface area contributed by atoms with E-state index in [-0.39, 0.29) is 18.0 Å². The highest BCUT2D eigenvalue weighted by molar-refractivity contribution is 5.35. The average molecular weight is 379 g/mol. The number of nitrogens with zero attached hydrogens (tertiary/aromatic N) is 3. The lowest BCUT2D eigenvalue weighted by Gasteiger charge is -2.35. The Morgan fingerprint density at radius 2 is 1.85 bits per heavy atom. The van der Waals surface area contributed by atoms with Crippen LogP contribution in [0.3, 0.4) is 0 Å². The molecule has 1 unspecified atom stereocenters. The number of hydrogen-bond donors (Lipinski definition) is 0. The SMILES string of the molecule is COc1ccc(C(C)N2CCC(Oc3ncc(F)cc3F)CC2)nc1OC. The van der Waals surface area contributed by atoms with Gasteiger partial charge in [0.15, 0.2) is 11.6 Å². The summed E-state index contributed by atoms with van der Waals surface area (Å²) in [4.78, 5) is 10.5. The van der Waals surface area contributed by atoms with Crippen LogP contribution in [0.25, 0.3) is 0 Å². The number of aromatic nitrogens is 2. The number of piperidine rings is 1. The fourth-order valence-corrected chi connectivity index (χ4v) is 3.19. The summed E-state index contributed by atoms with van der Waals surface area (Å²) in [6.07, 6.45) is 2.24. The fraction of sp³-hybridized carbons (Fsp3) is 0.474. The smallest absolute Gasteiger partial charge is 0.257 e. The summed E-state index contributed by atoms with van der Waals surface area (Å²) in [7, 11) is 3.14. The molecule has 1 aliphatic rings. The minimum absolute atomic E-state index is 0.0893. The molecule has 1 atom stereocenters. The van der Waals surface area contributed by atoms with Gasteiger partial charge < -0.3 is 14.2 Å². The molecule has 3 rings (SSSR count). The Hall–Kier alpha value is -2.48. The molecule has 0 aliphatic carbocycles. The number of methoxy groups -OCH3 is 2. The molecule has 1 aliphatic heterocycles. The van der Waals surface area contributed by atoms with Crippen LogP contribution in [0, 0.1) is 11.6 Å². The van der Waals surface area contributed by atoms with Gasteiger partial charge in [-0.3, -0.25) is 4.90 Å². The molecule has 6 nitrogen and oxygen atoms in total. The molecule has 0 spiro atoms. The highest BCUT2D eigenvalue weighted by atomic mass is 19.1. The third-order valence-corrected chi connectivity index (χ3v) is 4.76. The van der Waals surface area contributed by atoms with Gasteiger partial charge in [0.2, 0.25) is 0 Å². The van der Waals surface area contributed by atoms with Crippen molar-refractivity contribution >= 4 is 0 Å². The zero-order valence-corrected chi connectivity index (χ0v) is 15.6. The van der Waals surface area contributed by atoms with Gasteiger partial charge in [0.05, 0.1) is 26.1 Å². The summed E-state index contributed by atoms with van der Waals surface area (Å²) in [5.41, 5.74) is 0.887. The van der Waals surface area contributed by atoms with Crippen LogP contribution >= 0.6 is 0 Å². The second kappa shape index (κ2) is 8.47. The van der Waals surface area contributed by atoms with E-state index in [1.54, 1.807) is 14.2 Å². The molecular formula is C19H23F2N3O3. The van der Waals surface area contributed by atoms with E-state index < -0.39 is 11.6 Å². The normalized spacial score (nSPS) is 16.8. The van der Waals surface area contributed by atoms with E-state index in [0.717, 1.165) is 43.9 Å². The average Bonchev–Trinajstić information content (AvgIpc) is 2.69. The highest BCUT2D eigenvalue weighted by Crippen LogP contribution is 2.30. The predicted molar refractivity (Wildman–Crippen MR) is 95.1 cm³/mol. The number of halogens is 2. The van der Waals surface area contributed by atoms with E-state index in [9.17, 15) is 8.78 Å². The van der Waals surface area contributed by atoms with Crippen LogP contribution in [0.1, 0.15) is 31.5 Å². The maximum absolute atomic E-state index is 13.7. The molecule has 0 aromatic carbocycles. The lowest BCUT2D eigenvalue weighted by molar-refractivity contribution is 0.0726. The van der Waals surface area contributed by atoms with Crippen LogP contribution in [-0.2, 0) is 0 Å². The van der Waals surface area contributed by atoms with Crippen LogP contribution in [0.5, 0.6) is 17.5 Å². The van der Waals surface area contributed by atoms with Gasteiger partial charge in [-0.2, -0.15) is 0 Å². The zero-order chi connectivity index (χ0) is 19.4. The first-order valence-corrected chi connectivity index (χ1v) is 8.82. The van der Waals surface area contributed by atoms with Crippen molar-refractivity contribution in [3.05, 3.63) is 41.7 Å². The Bertz CT molecular complexity index is 783. The molecule has 0 bridgehead atoms.